The van der Waals surface area contributed by atoms with Crippen molar-refractivity contribution in [3.8, 4) is 5.69 Å². The van der Waals surface area contributed by atoms with Crippen LogP contribution in [0, 0.1) is 17.5 Å². The molecule has 0 spiro atoms. The largest absolute Gasteiger partial charge is 0.369 e. The number of halogens is 4. The van der Waals surface area contributed by atoms with Gasteiger partial charge in [0.15, 0.2) is 0 Å². The van der Waals surface area contributed by atoms with E-state index in [-0.39, 0.29) is 21.6 Å². The first-order valence-electron chi connectivity index (χ1n) is 5.56. The van der Waals surface area contributed by atoms with Crippen molar-refractivity contribution in [2.45, 2.75) is 0 Å². The number of imidazole rings is 1. The topological polar surface area (TPSA) is 43.8 Å². The highest BCUT2D eigenvalue weighted by Gasteiger charge is 2.16. The van der Waals surface area contributed by atoms with Gasteiger partial charge in [-0.25, -0.2) is 18.2 Å². The van der Waals surface area contributed by atoms with Crippen molar-refractivity contribution in [1.82, 2.24) is 9.55 Å². The van der Waals surface area contributed by atoms with E-state index < -0.39 is 17.5 Å². The quantitative estimate of drug-likeness (QED) is 0.731. The van der Waals surface area contributed by atoms with Gasteiger partial charge in [-0.05, 0) is 34.1 Å². The van der Waals surface area contributed by atoms with Crippen molar-refractivity contribution in [1.29, 1.82) is 0 Å². The Balaban J connectivity index is 2.38. The Morgan fingerprint density at radius 2 is 1.80 bits per heavy atom. The number of benzene rings is 2. The number of rotatable bonds is 1. The number of fused-ring (bicyclic) bond motifs is 1. The predicted molar refractivity (Wildman–Crippen MR) is 73.1 cm³/mol. The zero-order chi connectivity index (χ0) is 14.4. The summed E-state index contributed by atoms with van der Waals surface area (Å²) in [5.74, 6) is -1.83. The molecule has 0 bridgehead atoms. The van der Waals surface area contributed by atoms with Crippen LogP contribution in [0.25, 0.3) is 16.7 Å². The summed E-state index contributed by atoms with van der Waals surface area (Å²) in [7, 11) is 0. The van der Waals surface area contributed by atoms with E-state index in [1.807, 2.05) is 0 Å². The van der Waals surface area contributed by atoms with Crippen molar-refractivity contribution in [2.24, 2.45) is 0 Å². The van der Waals surface area contributed by atoms with Crippen molar-refractivity contribution in [3.63, 3.8) is 0 Å². The van der Waals surface area contributed by atoms with Gasteiger partial charge in [0.25, 0.3) is 0 Å². The highest BCUT2D eigenvalue weighted by Crippen LogP contribution is 2.29. The summed E-state index contributed by atoms with van der Waals surface area (Å²) in [6.45, 7) is 0. The van der Waals surface area contributed by atoms with Gasteiger partial charge < -0.3 is 5.73 Å². The molecule has 0 aliphatic carbocycles. The first-order valence-corrected chi connectivity index (χ1v) is 6.35. The molecule has 0 amide bonds. The van der Waals surface area contributed by atoms with Crippen LogP contribution in [0.5, 0.6) is 0 Å². The van der Waals surface area contributed by atoms with Crippen LogP contribution in [0.3, 0.4) is 0 Å². The Hall–Kier alpha value is -2.02. The molecule has 0 radical (unpaired) electrons. The summed E-state index contributed by atoms with van der Waals surface area (Å²) in [5.41, 5.74) is 6.28. The van der Waals surface area contributed by atoms with Gasteiger partial charge >= 0.3 is 0 Å². The summed E-state index contributed by atoms with van der Waals surface area (Å²) in [4.78, 5) is 3.95. The maximum atomic E-state index is 13.9. The number of nitrogens with zero attached hydrogens (tertiary/aromatic N) is 2. The van der Waals surface area contributed by atoms with Gasteiger partial charge in [-0.1, -0.05) is 0 Å². The van der Waals surface area contributed by atoms with Crippen LogP contribution in [0.15, 0.2) is 34.8 Å². The van der Waals surface area contributed by atoms with Gasteiger partial charge in [0, 0.05) is 12.1 Å². The molecule has 2 N–H and O–H groups in total. The normalized spacial score (nSPS) is 11.2. The Morgan fingerprint density at radius 1 is 1.05 bits per heavy atom. The SMILES string of the molecule is Nc1nc2cc(F)c(Br)cc2n1-c1cc(F)ccc1F. The number of nitrogen functional groups attached to an aromatic ring is 1. The molecule has 1 heterocycles. The number of hydrogen-bond acceptors (Lipinski definition) is 2. The molecule has 3 nitrogen and oxygen atoms in total. The van der Waals surface area contributed by atoms with E-state index in [0.29, 0.717) is 5.52 Å². The molecule has 0 fully saturated rings. The molecule has 7 heteroatoms. The van der Waals surface area contributed by atoms with E-state index >= 15 is 0 Å². The van der Waals surface area contributed by atoms with Gasteiger partial charge in [0.2, 0.25) is 5.95 Å². The van der Waals surface area contributed by atoms with Gasteiger partial charge in [-0.3, -0.25) is 4.57 Å². The fraction of sp³-hybridized carbons (Fsp3) is 0. The van der Waals surface area contributed by atoms with E-state index in [2.05, 4.69) is 20.9 Å². The minimum atomic E-state index is -0.655. The van der Waals surface area contributed by atoms with Crippen LogP contribution in [0.1, 0.15) is 0 Å². The lowest BCUT2D eigenvalue weighted by Gasteiger charge is -2.08. The standard InChI is InChI=1S/C13H7BrF3N3/c14-7-4-12-10(5-9(7)17)19-13(18)20(12)11-3-6(15)1-2-8(11)16/h1-5H,(H2,18,19). The lowest BCUT2D eigenvalue weighted by atomic mass is 10.2. The van der Waals surface area contributed by atoms with E-state index in [9.17, 15) is 13.2 Å². The zero-order valence-corrected chi connectivity index (χ0v) is 11.5. The van der Waals surface area contributed by atoms with Crippen molar-refractivity contribution >= 4 is 32.9 Å². The highest BCUT2D eigenvalue weighted by molar-refractivity contribution is 9.10. The molecule has 0 atom stereocenters. The van der Waals surface area contributed by atoms with Crippen LogP contribution in [0.4, 0.5) is 19.1 Å². The van der Waals surface area contributed by atoms with E-state index in [4.69, 9.17) is 5.73 Å². The molecular weight excluding hydrogens is 335 g/mol. The lowest BCUT2D eigenvalue weighted by molar-refractivity contribution is 0.594. The number of aromatic nitrogens is 2. The van der Waals surface area contributed by atoms with Crippen molar-refractivity contribution in [3.05, 3.63) is 52.3 Å². The monoisotopic (exact) mass is 341 g/mol. The van der Waals surface area contributed by atoms with Crippen LogP contribution in [0.2, 0.25) is 0 Å². The Morgan fingerprint density at radius 3 is 2.55 bits per heavy atom. The molecule has 0 unspecified atom stereocenters. The first kappa shape index (κ1) is 13.0. The average Bonchev–Trinajstić information content (AvgIpc) is 2.69. The molecular formula is C13H7BrF3N3. The fourth-order valence-corrected chi connectivity index (χ4v) is 2.33. The third kappa shape index (κ3) is 1.94. The van der Waals surface area contributed by atoms with Crippen molar-refractivity contribution < 1.29 is 13.2 Å². The maximum Gasteiger partial charge on any atom is 0.206 e. The summed E-state index contributed by atoms with van der Waals surface area (Å²) in [5, 5.41) is 0. The lowest BCUT2D eigenvalue weighted by Crippen LogP contribution is -2.03. The second-order valence-corrected chi connectivity index (χ2v) is 5.01. The summed E-state index contributed by atoms with van der Waals surface area (Å²) < 4.78 is 42.0. The van der Waals surface area contributed by atoms with Crippen LogP contribution >= 0.6 is 15.9 Å². The van der Waals surface area contributed by atoms with E-state index in [1.165, 1.54) is 16.7 Å². The van der Waals surface area contributed by atoms with Crippen LogP contribution < -0.4 is 5.73 Å². The minimum absolute atomic E-state index is 0.0537. The van der Waals surface area contributed by atoms with Gasteiger partial charge in [-0.2, -0.15) is 0 Å². The second-order valence-electron chi connectivity index (χ2n) is 4.16. The minimum Gasteiger partial charge on any atom is -0.369 e. The molecule has 3 aromatic rings. The van der Waals surface area contributed by atoms with E-state index in [0.717, 1.165) is 18.2 Å². The Bertz CT molecular complexity index is 829. The molecule has 0 saturated heterocycles. The molecule has 0 saturated carbocycles. The average molecular weight is 342 g/mol. The van der Waals surface area contributed by atoms with E-state index in [1.54, 1.807) is 0 Å². The van der Waals surface area contributed by atoms with Crippen LogP contribution in [-0.2, 0) is 0 Å². The second kappa shape index (κ2) is 4.52. The Labute approximate surface area is 120 Å². The van der Waals surface area contributed by atoms with Gasteiger partial charge in [-0.15, -0.1) is 0 Å². The molecule has 2 aromatic carbocycles. The Kier molecular flexibility index (Phi) is 2.93. The maximum absolute atomic E-state index is 13.9. The highest BCUT2D eigenvalue weighted by atomic mass is 79.9. The zero-order valence-electron chi connectivity index (χ0n) is 9.87. The number of anilines is 1. The smallest absolute Gasteiger partial charge is 0.206 e. The van der Waals surface area contributed by atoms with Crippen LogP contribution in [-0.4, -0.2) is 9.55 Å². The van der Waals surface area contributed by atoms with Gasteiger partial charge in [0.1, 0.15) is 17.5 Å². The summed E-state index contributed by atoms with van der Waals surface area (Å²) in [6, 6.07) is 5.59. The fourth-order valence-electron chi connectivity index (χ4n) is 2.00. The number of hydrogen-bond donors (Lipinski definition) is 1. The molecule has 102 valence electrons. The number of nitrogens with two attached hydrogens (primary N) is 1. The molecule has 0 aliphatic rings. The molecule has 1 aromatic heterocycles. The third-order valence-electron chi connectivity index (χ3n) is 2.87. The predicted octanol–water partition coefficient (Wildman–Crippen LogP) is 3.79. The summed E-state index contributed by atoms with van der Waals surface area (Å²) in [6.07, 6.45) is 0. The molecule has 20 heavy (non-hydrogen) atoms. The van der Waals surface area contributed by atoms with Gasteiger partial charge in [0.05, 0.1) is 21.2 Å². The first-order chi connectivity index (χ1) is 9.47. The third-order valence-corrected chi connectivity index (χ3v) is 3.48. The molecule has 0 aliphatic heterocycles. The van der Waals surface area contributed by atoms with Crippen molar-refractivity contribution in [2.75, 3.05) is 5.73 Å². The summed E-state index contributed by atoms with van der Waals surface area (Å²) >= 11 is 3.04. The molecule has 3 rings (SSSR count).